The minimum absolute atomic E-state index is 0.150. The maximum absolute atomic E-state index is 12.3. The van der Waals surface area contributed by atoms with Crippen LogP contribution < -0.4 is 10.0 Å². The fourth-order valence-corrected chi connectivity index (χ4v) is 3.49. The molecule has 1 fully saturated rings. The summed E-state index contributed by atoms with van der Waals surface area (Å²) >= 11 is 0. The third-order valence-corrected chi connectivity index (χ3v) is 5.21. The van der Waals surface area contributed by atoms with E-state index in [9.17, 15) is 8.42 Å². The summed E-state index contributed by atoms with van der Waals surface area (Å²) in [6, 6.07) is 2.19. The van der Waals surface area contributed by atoms with Gasteiger partial charge in [0.1, 0.15) is 0 Å². The second-order valence-corrected chi connectivity index (χ2v) is 7.45. The summed E-state index contributed by atoms with van der Waals surface area (Å²) in [6.45, 7) is 3.08. The van der Waals surface area contributed by atoms with Gasteiger partial charge in [0.2, 0.25) is 10.0 Å². The third kappa shape index (κ3) is 4.81. The van der Waals surface area contributed by atoms with E-state index in [0.29, 0.717) is 30.5 Å². The minimum atomic E-state index is -3.47. The van der Waals surface area contributed by atoms with E-state index in [1.165, 1.54) is 12.8 Å². The predicted octanol–water partition coefficient (Wildman–Crippen LogP) is 0.980. The molecule has 2 N–H and O–H groups in total. The van der Waals surface area contributed by atoms with Crippen LogP contribution in [0.25, 0.3) is 0 Å². The molecule has 0 saturated heterocycles. The number of hydrogen-bond donors (Lipinski definition) is 2. The molecule has 1 aromatic heterocycles. The van der Waals surface area contributed by atoms with Gasteiger partial charge < -0.3 is 14.6 Å². The monoisotopic (exact) mass is 315 g/mol. The van der Waals surface area contributed by atoms with Crippen LogP contribution in [0.5, 0.6) is 0 Å². The maximum Gasteiger partial charge on any atom is 0.242 e. The van der Waals surface area contributed by atoms with Crippen LogP contribution in [-0.4, -0.2) is 38.8 Å². The molecule has 0 amide bonds. The van der Waals surface area contributed by atoms with Gasteiger partial charge in [-0.15, -0.1) is 0 Å². The van der Waals surface area contributed by atoms with Crippen molar-refractivity contribution in [3.63, 3.8) is 0 Å². The Morgan fingerprint density at radius 1 is 1.48 bits per heavy atom. The molecular formula is C14H25N3O3S. The van der Waals surface area contributed by atoms with Crippen LogP contribution in [0.4, 0.5) is 0 Å². The SMILES string of the molecule is COCCC(C)NS(=O)(=O)c1cc(CNC2CC2)n(C)c1. The van der Waals surface area contributed by atoms with Crippen molar-refractivity contribution in [2.75, 3.05) is 13.7 Å². The lowest BCUT2D eigenvalue weighted by atomic mass is 10.3. The Hall–Kier alpha value is -0.890. The Morgan fingerprint density at radius 2 is 2.19 bits per heavy atom. The molecule has 1 aliphatic rings. The molecule has 6 nitrogen and oxygen atoms in total. The van der Waals surface area contributed by atoms with Crippen LogP contribution in [0, 0.1) is 0 Å². The Morgan fingerprint density at radius 3 is 2.81 bits per heavy atom. The zero-order valence-electron chi connectivity index (χ0n) is 12.9. The second kappa shape index (κ2) is 6.91. The zero-order valence-corrected chi connectivity index (χ0v) is 13.7. The standard InChI is InChI=1S/C14H25N3O3S/c1-11(6-7-20-3)16-21(18,19)14-8-13(17(2)10-14)9-15-12-4-5-12/h8,10-12,15-16H,4-7,9H2,1-3H3. The van der Waals surface area contributed by atoms with Gasteiger partial charge >= 0.3 is 0 Å². The van der Waals surface area contributed by atoms with E-state index in [-0.39, 0.29) is 6.04 Å². The number of nitrogens with one attached hydrogen (secondary N) is 2. The van der Waals surface area contributed by atoms with Crippen molar-refractivity contribution in [3.8, 4) is 0 Å². The lowest BCUT2D eigenvalue weighted by molar-refractivity contribution is 0.188. The average molecular weight is 315 g/mol. The van der Waals surface area contributed by atoms with Crippen LogP contribution in [0.15, 0.2) is 17.2 Å². The molecule has 0 aromatic carbocycles. The molecule has 7 heteroatoms. The fourth-order valence-electron chi connectivity index (χ4n) is 2.12. The maximum atomic E-state index is 12.3. The van der Waals surface area contributed by atoms with Crippen molar-refractivity contribution >= 4 is 10.0 Å². The summed E-state index contributed by atoms with van der Waals surface area (Å²) in [5, 5.41) is 3.39. The van der Waals surface area contributed by atoms with Gasteiger partial charge in [-0.05, 0) is 32.3 Å². The molecule has 1 unspecified atom stereocenters. The topological polar surface area (TPSA) is 72.4 Å². The van der Waals surface area contributed by atoms with Gasteiger partial charge in [0.05, 0.1) is 4.90 Å². The lowest BCUT2D eigenvalue weighted by Crippen LogP contribution is -2.33. The van der Waals surface area contributed by atoms with Gasteiger partial charge in [-0.1, -0.05) is 0 Å². The van der Waals surface area contributed by atoms with Gasteiger partial charge in [0, 0.05) is 51.3 Å². The smallest absolute Gasteiger partial charge is 0.242 e. The highest BCUT2D eigenvalue weighted by Gasteiger charge is 2.22. The van der Waals surface area contributed by atoms with E-state index >= 15 is 0 Å². The van der Waals surface area contributed by atoms with E-state index in [2.05, 4.69) is 10.0 Å². The summed E-state index contributed by atoms with van der Waals surface area (Å²) in [4.78, 5) is 0.321. The molecule has 0 spiro atoms. The van der Waals surface area contributed by atoms with Gasteiger partial charge in [0.25, 0.3) is 0 Å². The summed E-state index contributed by atoms with van der Waals surface area (Å²) in [6.07, 6.45) is 4.75. The quantitative estimate of drug-likeness (QED) is 0.712. The van der Waals surface area contributed by atoms with Gasteiger partial charge in [-0.2, -0.15) is 0 Å². The number of rotatable bonds is 9. The summed E-state index contributed by atoms with van der Waals surface area (Å²) in [5.41, 5.74) is 0.979. The first-order valence-corrected chi connectivity index (χ1v) is 8.80. The number of hydrogen-bond acceptors (Lipinski definition) is 4. The van der Waals surface area contributed by atoms with Crippen molar-refractivity contribution in [2.45, 2.75) is 49.7 Å². The van der Waals surface area contributed by atoms with Crippen molar-refractivity contribution in [1.82, 2.24) is 14.6 Å². The van der Waals surface area contributed by atoms with Gasteiger partial charge in [-0.3, -0.25) is 0 Å². The van der Waals surface area contributed by atoms with E-state index in [1.807, 2.05) is 18.5 Å². The first-order valence-electron chi connectivity index (χ1n) is 7.32. The van der Waals surface area contributed by atoms with Gasteiger partial charge in [0.15, 0.2) is 0 Å². The highest BCUT2D eigenvalue weighted by Crippen LogP contribution is 2.20. The Labute approximate surface area is 126 Å². The summed E-state index contributed by atoms with van der Waals surface area (Å²) < 4.78 is 34.2. The summed E-state index contributed by atoms with van der Waals surface area (Å²) in [5.74, 6) is 0. The Balaban J connectivity index is 1.99. The second-order valence-electron chi connectivity index (χ2n) is 5.74. The van der Waals surface area contributed by atoms with Crippen LogP contribution in [0.2, 0.25) is 0 Å². The van der Waals surface area contributed by atoms with E-state index in [1.54, 1.807) is 19.4 Å². The van der Waals surface area contributed by atoms with Crippen LogP contribution in [-0.2, 0) is 28.4 Å². The molecule has 1 saturated carbocycles. The van der Waals surface area contributed by atoms with Crippen molar-refractivity contribution in [3.05, 3.63) is 18.0 Å². The first-order chi connectivity index (χ1) is 9.92. The molecule has 1 heterocycles. The average Bonchev–Trinajstić information content (AvgIpc) is 3.16. The number of ether oxygens (including phenoxy) is 1. The van der Waals surface area contributed by atoms with E-state index < -0.39 is 10.0 Å². The Bertz CT molecular complexity index is 564. The molecule has 0 bridgehead atoms. The number of nitrogens with zero attached hydrogens (tertiary/aromatic N) is 1. The van der Waals surface area contributed by atoms with Crippen molar-refractivity contribution < 1.29 is 13.2 Å². The zero-order chi connectivity index (χ0) is 15.5. The molecule has 2 rings (SSSR count). The van der Waals surface area contributed by atoms with Crippen molar-refractivity contribution in [2.24, 2.45) is 7.05 Å². The van der Waals surface area contributed by atoms with Crippen LogP contribution in [0.1, 0.15) is 31.9 Å². The minimum Gasteiger partial charge on any atom is -0.385 e. The molecule has 1 atom stereocenters. The Kier molecular flexibility index (Phi) is 5.43. The fraction of sp³-hybridized carbons (Fsp3) is 0.714. The van der Waals surface area contributed by atoms with Gasteiger partial charge in [-0.25, -0.2) is 13.1 Å². The predicted molar refractivity (Wildman–Crippen MR) is 81.6 cm³/mol. The number of aryl methyl sites for hydroxylation is 1. The number of methoxy groups -OCH3 is 1. The highest BCUT2D eigenvalue weighted by molar-refractivity contribution is 7.89. The third-order valence-electron chi connectivity index (χ3n) is 3.65. The molecule has 0 aliphatic heterocycles. The number of sulfonamides is 1. The van der Waals surface area contributed by atoms with E-state index in [0.717, 1.165) is 5.69 Å². The van der Waals surface area contributed by atoms with Crippen LogP contribution in [0.3, 0.4) is 0 Å². The highest BCUT2D eigenvalue weighted by atomic mass is 32.2. The summed E-state index contributed by atoms with van der Waals surface area (Å²) in [7, 11) is 0.0123. The van der Waals surface area contributed by atoms with Crippen LogP contribution >= 0.6 is 0 Å². The van der Waals surface area contributed by atoms with E-state index in [4.69, 9.17) is 4.74 Å². The molecule has 120 valence electrons. The molecule has 1 aromatic rings. The lowest BCUT2D eigenvalue weighted by Gasteiger charge is -2.12. The van der Waals surface area contributed by atoms with Crippen molar-refractivity contribution in [1.29, 1.82) is 0 Å². The molecular weight excluding hydrogens is 290 g/mol. The number of aromatic nitrogens is 1. The molecule has 0 radical (unpaired) electrons. The molecule has 21 heavy (non-hydrogen) atoms. The normalized spacial score (nSPS) is 17.1. The first kappa shape index (κ1) is 16.5. The molecule has 1 aliphatic carbocycles. The largest absolute Gasteiger partial charge is 0.385 e.